The van der Waals surface area contributed by atoms with Crippen molar-refractivity contribution in [1.29, 1.82) is 0 Å². The van der Waals surface area contributed by atoms with E-state index in [-0.39, 0.29) is 0 Å². The molecule has 0 aliphatic rings. The molecular formula is C29H18ClN5. The minimum Gasteiger partial charge on any atom is -0.243 e. The lowest BCUT2D eigenvalue weighted by Gasteiger charge is -2.09. The third kappa shape index (κ3) is 4.25. The first-order valence-corrected chi connectivity index (χ1v) is 11.5. The third-order valence-electron chi connectivity index (χ3n) is 5.64. The summed E-state index contributed by atoms with van der Waals surface area (Å²) in [6.07, 6.45) is 0. The number of para-hydroxylation sites is 2. The summed E-state index contributed by atoms with van der Waals surface area (Å²) in [5.74, 6) is 1.85. The van der Waals surface area contributed by atoms with Crippen LogP contribution in [-0.4, -0.2) is 24.9 Å². The molecule has 0 radical (unpaired) electrons. The Labute approximate surface area is 207 Å². The normalized spacial score (nSPS) is 11.0. The molecular weight excluding hydrogens is 454 g/mol. The molecule has 0 spiro atoms. The van der Waals surface area contributed by atoms with Crippen molar-refractivity contribution in [2.75, 3.05) is 0 Å². The zero-order valence-corrected chi connectivity index (χ0v) is 19.3. The van der Waals surface area contributed by atoms with Crippen molar-refractivity contribution in [2.24, 2.45) is 0 Å². The summed E-state index contributed by atoms with van der Waals surface area (Å²) in [4.78, 5) is 23.5. The van der Waals surface area contributed by atoms with Gasteiger partial charge >= 0.3 is 0 Å². The predicted octanol–water partition coefficient (Wildman–Crippen LogP) is 7.14. The molecule has 6 aromatic rings. The Bertz CT molecular complexity index is 1580. The number of aromatic nitrogens is 5. The fraction of sp³-hybridized carbons (Fsp3) is 0. The summed E-state index contributed by atoms with van der Waals surface area (Å²) >= 11 is 6.47. The summed E-state index contributed by atoms with van der Waals surface area (Å²) in [6.45, 7) is 0. The maximum absolute atomic E-state index is 6.47. The average molecular weight is 472 g/mol. The molecule has 0 saturated carbocycles. The summed E-state index contributed by atoms with van der Waals surface area (Å²) < 4.78 is 0. The first-order valence-electron chi connectivity index (χ1n) is 11.1. The van der Waals surface area contributed by atoms with Gasteiger partial charge in [-0.25, -0.2) is 24.9 Å². The largest absolute Gasteiger partial charge is 0.243 e. The van der Waals surface area contributed by atoms with Crippen LogP contribution in [0.15, 0.2) is 109 Å². The first kappa shape index (κ1) is 21.1. The van der Waals surface area contributed by atoms with E-state index in [1.54, 1.807) is 0 Å². The number of rotatable bonds is 4. The van der Waals surface area contributed by atoms with Gasteiger partial charge in [-0.1, -0.05) is 109 Å². The van der Waals surface area contributed by atoms with Crippen molar-refractivity contribution >= 4 is 22.6 Å². The van der Waals surface area contributed by atoms with Crippen LogP contribution < -0.4 is 0 Å². The Morgan fingerprint density at radius 1 is 0.371 bits per heavy atom. The molecule has 0 N–H and O–H groups in total. The monoisotopic (exact) mass is 471 g/mol. The van der Waals surface area contributed by atoms with E-state index in [0.29, 0.717) is 28.3 Å². The van der Waals surface area contributed by atoms with E-state index in [0.717, 1.165) is 33.3 Å². The van der Waals surface area contributed by atoms with Crippen molar-refractivity contribution in [3.05, 3.63) is 114 Å². The lowest BCUT2D eigenvalue weighted by atomic mass is 10.1. The van der Waals surface area contributed by atoms with Crippen molar-refractivity contribution in [3.8, 4) is 45.4 Å². The Kier molecular flexibility index (Phi) is 5.45. The fourth-order valence-corrected chi connectivity index (χ4v) is 4.12. The zero-order valence-electron chi connectivity index (χ0n) is 18.5. The lowest BCUT2D eigenvalue weighted by Crippen LogP contribution is -2.00. The highest BCUT2D eigenvalue weighted by Gasteiger charge is 2.13. The smallest absolute Gasteiger partial charge is 0.164 e. The van der Waals surface area contributed by atoms with Gasteiger partial charge in [0.2, 0.25) is 0 Å². The van der Waals surface area contributed by atoms with E-state index in [1.807, 2.05) is 109 Å². The van der Waals surface area contributed by atoms with Crippen LogP contribution in [0.1, 0.15) is 0 Å². The minimum absolute atomic E-state index is 0.370. The van der Waals surface area contributed by atoms with Crippen molar-refractivity contribution < 1.29 is 0 Å². The topological polar surface area (TPSA) is 64.5 Å². The van der Waals surface area contributed by atoms with Crippen molar-refractivity contribution in [1.82, 2.24) is 24.9 Å². The predicted molar refractivity (Wildman–Crippen MR) is 140 cm³/mol. The molecule has 5 nitrogen and oxygen atoms in total. The van der Waals surface area contributed by atoms with Crippen molar-refractivity contribution in [2.45, 2.75) is 0 Å². The van der Waals surface area contributed by atoms with Gasteiger partial charge in [0, 0.05) is 22.3 Å². The maximum atomic E-state index is 6.47. The zero-order chi connectivity index (χ0) is 23.6. The van der Waals surface area contributed by atoms with Crippen LogP contribution in [-0.2, 0) is 0 Å². The molecule has 0 atom stereocenters. The number of nitrogens with zero attached hydrogens (tertiary/aromatic N) is 5. The molecule has 2 heterocycles. The summed E-state index contributed by atoms with van der Waals surface area (Å²) in [5, 5.41) is 0.370. The molecule has 0 fully saturated rings. The number of hydrogen-bond donors (Lipinski definition) is 0. The van der Waals surface area contributed by atoms with Gasteiger partial charge in [-0.2, -0.15) is 0 Å². The van der Waals surface area contributed by atoms with E-state index in [2.05, 4.69) is 4.98 Å². The SMILES string of the molecule is Clc1nc2ccccc2nc1-c1ccc(-c2nc(-c3ccccc3)nc(-c3ccccc3)n2)cc1. The second-order valence-electron chi connectivity index (χ2n) is 7.97. The van der Waals surface area contributed by atoms with E-state index < -0.39 is 0 Å². The number of benzene rings is 4. The molecule has 166 valence electrons. The van der Waals surface area contributed by atoms with Crippen LogP contribution in [0.4, 0.5) is 0 Å². The van der Waals surface area contributed by atoms with Gasteiger partial charge in [0.1, 0.15) is 5.69 Å². The molecule has 35 heavy (non-hydrogen) atoms. The van der Waals surface area contributed by atoms with Crippen molar-refractivity contribution in [3.63, 3.8) is 0 Å². The Morgan fingerprint density at radius 2 is 0.771 bits per heavy atom. The Morgan fingerprint density at radius 3 is 1.29 bits per heavy atom. The van der Waals surface area contributed by atoms with Gasteiger partial charge in [0.05, 0.1) is 11.0 Å². The van der Waals surface area contributed by atoms with Gasteiger partial charge < -0.3 is 0 Å². The van der Waals surface area contributed by atoms with Gasteiger partial charge in [-0.15, -0.1) is 0 Å². The van der Waals surface area contributed by atoms with E-state index in [9.17, 15) is 0 Å². The Hall–Kier alpha value is -4.48. The molecule has 0 bridgehead atoms. The summed E-state index contributed by atoms with van der Waals surface area (Å²) in [5.41, 5.74) is 5.82. The summed E-state index contributed by atoms with van der Waals surface area (Å²) in [7, 11) is 0. The number of halogens is 1. The molecule has 2 aromatic heterocycles. The minimum atomic E-state index is 0.370. The number of hydrogen-bond acceptors (Lipinski definition) is 5. The van der Waals surface area contributed by atoms with Gasteiger partial charge in [0.15, 0.2) is 22.6 Å². The standard InChI is InChI=1S/C29H18ClN5/c30-26-25(31-23-13-7-8-14-24(23)32-26)19-15-17-22(18-16-19)29-34-27(20-9-3-1-4-10-20)33-28(35-29)21-11-5-2-6-12-21/h1-18H. The first-order chi connectivity index (χ1) is 17.2. The lowest BCUT2D eigenvalue weighted by molar-refractivity contribution is 1.07. The van der Waals surface area contributed by atoms with Crippen LogP contribution in [0, 0.1) is 0 Å². The second kappa shape index (κ2) is 9.05. The Balaban J connectivity index is 1.43. The van der Waals surface area contributed by atoms with E-state index in [1.165, 1.54) is 0 Å². The molecule has 6 rings (SSSR count). The van der Waals surface area contributed by atoms with E-state index >= 15 is 0 Å². The number of fused-ring (bicyclic) bond motifs is 1. The fourth-order valence-electron chi connectivity index (χ4n) is 3.88. The van der Waals surface area contributed by atoms with Crippen LogP contribution in [0.3, 0.4) is 0 Å². The van der Waals surface area contributed by atoms with Crippen LogP contribution in [0.5, 0.6) is 0 Å². The van der Waals surface area contributed by atoms with Gasteiger partial charge in [-0.3, -0.25) is 0 Å². The highest BCUT2D eigenvalue weighted by molar-refractivity contribution is 6.32. The summed E-state index contributed by atoms with van der Waals surface area (Å²) in [6, 6.07) is 35.4. The van der Waals surface area contributed by atoms with Crippen LogP contribution in [0.25, 0.3) is 56.5 Å². The quantitative estimate of drug-likeness (QED) is 0.273. The maximum Gasteiger partial charge on any atom is 0.164 e. The van der Waals surface area contributed by atoms with Gasteiger partial charge in [-0.05, 0) is 12.1 Å². The molecule has 0 amide bonds. The highest BCUT2D eigenvalue weighted by atomic mass is 35.5. The molecule has 4 aromatic carbocycles. The van der Waals surface area contributed by atoms with Gasteiger partial charge in [0.25, 0.3) is 0 Å². The third-order valence-corrected chi connectivity index (χ3v) is 5.91. The van der Waals surface area contributed by atoms with Crippen LogP contribution >= 0.6 is 11.6 Å². The van der Waals surface area contributed by atoms with E-state index in [4.69, 9.17) is 31.5 Å². The molecule has 0 unspecified atom stereocenters. The molecule has 6 heteroatoms. The highest BCUT2D eigenvalue weighted by Crippen LogP contribution is 2.29. The average Bonchev–Trinajstić information content (AvgIpc) is 2.93. The molecule has 0 saturated heterocycles. The van der Waals surface area contributed by atoms with Crippen LogP contribution in [0.2, 0.25) is 5.15 Å². The second-order valence-corrected chi connectivity index (χ2v) is 8.33. The molecule has 0 aliphatic carbocycles. The molecule has 0 aliphatic heterocycles.